The molecule has 1 unspecified atom stereocenters. The van der Waals surface area contributed by atoms with Crippen LogP contribution >= 0.6 is 0 Å². The van der Waals surface area contributed by atoms with Crippen molar-refractivity contribution in [2.45, 2.75) is 31.9 Å². The first-order chi connectivity index (χ1) is 13.0. The molecule has 1 aliphatic heterocycles. The number of H-pyrrole nitrogens is 1. The first kappa shape index (κ1) is 19.0. The van der Waals surface area contributed by atoms with Crippen LogP contribution in [0.4, 0.5) is 0 Å². The number of fused-ring (bicyclic) bond motifs is 1. The van der Waals surface area contributed by atoms with Crippen molar-refractivity contribution in [2.75, 3.05) is 13.2 Å². The average Bonchev–Trinajstić information content (AvgIpc) is 3.41. The normalized spacial score (nSPS) is 15.6. The standard InChI is InChI=1S/C12H16N2.C10H9NO2/c1-12(2,13)7-9-8-14-11-6-4-3-5-10(9)11;11-5-8-3-1-2-4-10(8)13-7-9-6-12-9/h3-6,8,14H,7,13H2,1-2H3;1-4,9H,6-7H2. The first-order valence-electron chi connectivity index (χ1n) is 9.04. The highest BCUT2D eigenvalue weighted by Crippen LogP contribution is 2.21. The maximum atomic E-state index is 8.74. The minimum atomic E-state index is -0.148. The molecule has 0 bridgehead atoms. The minimum absolute atomic E-state index is 0.148. The highest BCUT2D eigenvalue weighted by atomic mass is 16.6. The van der Waals surface area contributed by atoms with Gasteiger partial charge in [0.25, 0.3) is 0 Å². The number of nitrogens with one attached hydrogen (secondary N) is 1. The Balaban J connectivity index is 0.000000156. The lowest BCUT2D eigenvalue weighted by Crippen LogP contribution is -2.34. The number of benzene rings is 2. The number of para-hydroxylation sites is 2. The van der Waals surface area contributed by atoms with Gasteiger partial charge in [0.1, 0.15) is 24.5 Å². The fourth-order valence-corrected chi connectivity index (χ4v) is 2.80. The smallest absolute Gasteiger partial charge is 0.137 e. The SMILES string of the molecule is CC(C)(N)Cc1c[nH]c2ccccc12.N#Cc1ccccc1OCC1CO1. The summed E-state index contributed by atoms with van der Waals surface area (Å²) in [7, 11) is 0. The zero-order chi connectivity index (χ0) is 19.3. The molecule has 0 radical (unpaired) electrons. The highest BCUT2D eigenvalue weighted by Gasteiger charge is 2.23. The highest BCUT2D eigenvalue weighted by molar-refractivity contribution is 5.83. The number of nitrogens with zero attached hydrogens (tertiary/aromatic N) is 1. The molecule has 3 aromatic rings. The zero-order valence-electron chi connectivity index (χ0n) is 15.7. The number of hydrogen-bond donors (Lipinski definition) is 2. The molecule has 0 aliphatic carbocycles. The molecule has 1 aromatic heterocycles. The zero-order valence-corrected chi connectivity index (χ0v) is 15.7. The van der Waals surface area contributed by atoms with Crippen LogP contribution in [-0.4, -0.2) is 29.8 Å². The number of nitrogens with two attached hydrogens (primary N) is 1. The summed E-state index contributed by atoms with van der Waals surface area (Å²) in [5.41, 5.74) is 8.91. The Morgan fingerprint density at radius 1 is 1.22 bits per heavy atom. The van der Waals surface area contributed by atoms with E-state index in [9.17, 15) is 0 Å². The van der Waals surface area contributed by atoms with Gasteiger partial charge < -0.3 is 20.2 Å². The summed E-state index contributed by atoms with van der Waals surface area (Å²) in [4.78, 5) is 3.26. The molecule has 1 fully saturated rings. The molecule has 0 spiro atoms. The number of rotatable bonds is 5. The number of aromatic amines is 1. The second-order valence-electron chi connectivity index (χ2n) is 7.40. The fourth-order valence-electron chi connectivity index (χ4n) is 2.80. The molecule has 140 valence electrons. The van der Waals surface area contributed by atoms with Crippen LogP contribution in [0.1, 0.15) is 25.0 Å². The summed E-state index contributed by atoms with van der Waals surface area (Å²) in [6.45, 7) is 5.41. The van der Waals surface area contributed by atoms with Crippen LogP contribution < -0.4 is 10.5 Å². The number of aromatic nitrogens is 1. The van der Waals surface area contributed by atoms with Gasteiger partial charge in [0, 0.05) is 22.6 Å². The van der Waals surface area contributed by atoms with E-state index >= 15 is 0 Å². The average molecular weight is 363 g/mol. The lowest BCUT2D eigenvalue weighted by molar-refractivity contribution is 0.262. The molecular weight excluding hydrogens is 338 g/mol. The van der Waals surface area contributed by atoms with Gasteiger partial charge in [-0.05, 0) is 44.0 Å². The van der Waals surface area contributed by atoms with Gasteiger partial charge in [-0.2, -0.15) is 5.26 Å². The lowest BCUT2D eigenvalue weighted by Gasteiger charge is -2.17. The topological polar surface area (TPSA) is 87.4 Å². The molecule has 3 N–H and O–H groups in total. The third-order valence-electron chi connectivity index (χ3n) is 4.16. The molecular formula is C22H25N3O2. The summed E-state index contributed by atoms with van der Waals surface area (Å²) in [6.07, 6.45) is 3.18. The van der Waals surface area contributed by atoms with Gasteiger partial charge in [-0.15, -0.1) is 0 Å². The number of epoxide rings is 1. The van der Waals surface area contributed by atoms with Crippen molar-refractivity contribution in [3.8, 4) is 11.8 Å². The van der Waals surface area contributed by atoms with Gasteiger partial charge in [0.15, 0.2) is 0 Å². The minimum Gasteiger partial charge on any atom is -0.489 e. The predicted molar refractivity (Wildman–Crippen MR) is 107 cm³/mol. The van der Waals surface area contributed by atoms with E-state index in [0.29, 0.717) is 17.9 Å². The van der Waals surface area contributed by atoms with Crippen molar-refractivity contribution in [3.05, 3.63) is 65.9 Å². The largest absolute Gasteiger partial charge is 0.489 e. The molecule has 2 aromatic carbocycles. The molecule has 1 aliphatic rings. The van der Waals surface area contributed by atoms with E-state index in [-0.39, 0.29) is 11.6 Å². The summed E-state index contributed by atoms with van der Waals surface area (Å²) in [5, 5.41) is 10.0. The summed E-state index contributed by atoms with van der Waals surface area (Å²) in [6, 6.07) is 17.6. The van der Waals surface area contributed by atoms with Crippen molar-refractivity contribution < 1.29 is 9.47 Å². The van der Waals surface area contributed by atoms with E-state index in [1.54, 1.807) is 12.1 Å². The van der Waals surface area contributed by atoms with Gasteiger partial charge in [0.05, 0.1) is 12.2 Å². The van der Waals surface area contributed by atoms with Crippen molar-refractivity contribution in [3.63, 3.8) is 0 Å². The monoisotopic (exact) mass is 363 g/mol. The van der Waals surface area contributed by atoms with Crippen LogP contribution in [0.15, 0.2) is 54.7 Å². The molecule has 4 rings (SSSR count). The fraction of sp³-hybridized carbons (Fsp3) is 0.318. The van der Waals surface area contributed by atoms with Gasteiger partial charge >= 0.3 is 0 Å². The molecule has 27 heavy (non-hydrogen) atoms. The van der Waals surface area contributed by atoms with Crippen molar-refractivity contribution >= 4 is 10.9 Å². The second-order valence-corrected chi connectivity index (χ2v) is 7.40. The number of hydrogen-bond acceptors (Lipinski definition) is 4. The summed E-state index contributed by atoms with van der Waals surface area (Å²) >= 11 is 0. The molecule has 0 saturated carbocycles. The van der Waals surface area contributed by atoms with Crippen molar-refractivity contribution in [1.29, 1.82) is 5.26 Å². The maximum Gasteiger partial charge on any atom is 0.137 e. The van der Waals surface area contributed by atoms with E-state index in [0.717, 1.165) is 13.0 Å². The Morgan fingerprint density at radius 3 is 2.63 bits per heavy atom. The number of nitriles is 1. The van der Waals surface area contributed by atoms with Crippen LogP contribution in [0.3, 0.4) is 0 Å². The van der Waals surface area contributed by atoms with E-state index < -0.39 is 0 Å². The van der Waals surface area contributed by atoms with Crippen LogP contribution in [0.2, 0.25) is 0 Å². The third-order valence-corrected chi connectivity index (χ3v) is 4.16. The summed E-state index contributed by atoms with van der Waals surface area (Å²) < 4.78 is 10.4. The van der Waals surface area contributed by atoms with Gasteiger partial charge in [-0.3, -0.25) is 0 Å². The second kappa shape index (κ2) is 8.26. The molecule has 1 atom stereocenters. The third kappa shape index (κ3) is 5.58. The van der Waals surface area contributed by atoms with E-state index in [1.165, 1.54) is 16.5 Å². The Bertz CT molecular complexity index is 930. The quantitative estimate of drug-likeness (QED) is 0.675. The van der Waals surface area contributed by atoms with E-state index in [2.05, 4.69) is 49.3 Å². The maximum absolute atomic E-state index is 8.74. The Morgan fingerprint density at radius 2 is 1.93 bits per heavy atom. The molecule has 1 saturated heterocycles. The molecule has 5 heteroatoms. The Hall–Kier alpha value is -2.81. The van der Waals surface area contributed by atoms with Crippen LogP contribution in [0.25, 0.3) is 10.9 Å². The lowest BCUT2D eigenvalue weighted by atomic mass is 9.96. The van der Waals surface area contributed by atoms with Crippen LogP contribution in [0, 0.1) is 11.3 Å². The molecule has 5 nitrogen and oxygen atoms in total. The van der Waals surface area contributed by atoms with Crippen molar-refractivity contribution in [1.82, 2.24) is 4.98 Å². The van der Waals surface area contributed by atoms with Crippen molar-refractivity contribution in [2.24, 2.45) is 5.73 Å². The van der Waals surface area contributed by atoms with Gasteiger partial charge in [-0.1, -0.05) is 30.3 Å². The Kier molecular flexibility index (Phi) is 5.80. The van der Waals surface area contributed by atoms with Crippen LogP contribution in [0.5, 0.6) is 5.75 Å². The number of ether oxygens (including phenoxy) is 2. The van der Waals surface area contributed by atoms with Crippen LogP contribution in [-0.2, 0) is 11.2 Å². The van der Waals surface area contributed by atoms with Gasteiger partial charge in [-0.25, -0.2) is 0 Å². The Labute approximate surface area is 159 Å². The van der Waals surface area contributed by atoms with Gasteiger partial charge in [0.2, 0.25) is 0 Å². The molecule has 0 amide bonds. The first-order valence-corrected chi connectivity index (χ1v) is 9.04. The van der Waals surface area contributed by atoms with E-state index in [4.69, 9.17) is 20.5 Å². The molecule has 2 heterocycles. The van der Waals surface area contributed by atoms with E-state index in [1.807, 2.05) is 18.2 Å². The summed E-state index contributed by atoms with van der Waals surface area (Å²) in [5.74, 6) is 0.639. The predicted octanol–water partition coefficient (Wildman–Crippen LogP) is 3.78.